The molecule has 1 heterocycles. The van der Waals surface area contributed by atoms with Crippen molar-refractivity contribution in [1.29, 1.82) is 0 Å². The van der Waals surface area contributed by atoms with E-state index >= 15 is 0 Å². The number of amides is 1. The number of carbonyl (C=O) groups excluding carboxylic acids is 1. The van der Waals surface area contributed by atoms with Crippen molar-refractivity contribution >= 4 is 5.91 Å². The fourth-order valence-corrected chi connectivity index (χ4v) is 1.52. The van der Waals surface area contributed by atoms with Gasteiger partial charge < -0.3 is 15.0 Å². The first kappa shape index (κ1) is 12.4. The number of ether oxygens (including phenoxy) is 1. The molecule has 0 spiro atoms. The fourth-order valence-electron chi connectivity index (χ4n) is 1.52. The van der Waals surface area contributed by atoms with Gasteiger partial charge in [0.05, 0.1) is 19.8 Å². The lowest BCUT2D eigenvalue weighted by Gasteiger charge is -2.26. The molecule has 0 aliphatic carbocycles. The monoisotopic (exact) mass is 215 g/mol. The molecule has 0 atom stereocenters. The Bertz CT molecular complexity index is 191. The summed E-state index contributed by atoms with van der Waals surface area (Å²) in [6, 6.07) is 0. The number of hydrogen-bond donors (Lipinski definition) is 1. The quantitative estimate of drug-likeness (QED) is 0.639. The summed E-state index contributed by atoms with van der Waals surface area (Å²) in [6.45, 7) is 5.68. The van der Waals surface area contributed by atoms with E-state index in [0.717, 1.165) is 39.4 Å². The molecule has 0 aromatic carbocycles. The van der Waals surface area contributed by atoms with E-state index in [2.05, 4.69) is 10.2 Å². The zero-order valence-corrected chi connectivity index (χ0v) is 9.66. The number of nitrogens with one attached hydrogen (secondary N) is 1. The van der Waals surface area contributed by atoms with Crippen LogP contribution in [0, 0.1) is 0 Å². The van der Waals surface area contributed by atoms with Gasteiger partial charge in [-0.15, -0.1) is 0 Å². The lowest BCUT2D eigenvalue weighted by atomic mass is 10.4. The van der Waals surface area contributed by atoms with Gasteiger partial charge in [0.1, 0.15) is 0 Å². The first-order chi connectivity index (χ1) is 7.18. The van der Waals surface area contributed by atoms with E-state index in [-0.39, 0.29) is 5.91 Å². The molecular formula is C10H21N3O2. The summed E-state index contributed by atoms with van der Waals surface area (Å²) >= 11 is 0. The first-order valence-corrected chi connectivity index (χ1v) is 5.40. The van der Waals surface area contributed by atoms with Crippen molar-refractivity contribution in [2.24, 2.45) is 0 Å². The van der Waals surface area contributed by atoms with E-state index in [0.29, 0.717) is 6.54 Å². The second-order valence-electron chi connectivity index (χ2n) is 4.04. The average molecular weight is 215 g/mol. The number of nitrogens with zero attached hydrogens (tertiary/aromatic N) is 2. The van der Waals surface area contributed by atoms with Gasteiger partial charge in [0.25, 0.3) is 0 Å². The van der Waals surface area contributed by atoms with Gasteiger partial charge in [-0.1, -0.05) is 0 Å². The molecule has 0 bridgehead atoms. The summed E-state index contributed by atoms with van der Waals surface area (Å²) in [4.78, 5) is 15.5. The molecule has 1 N–H and O–H groups in total. The van der Waals surface area contributed by atoms with Gasteiger partial charge in [0, 0.05) is 26.2 Å². The highest BCUT2D eigenvalue weighted by atomic mass is 16.5. The van der Waals surface area contributed by atoms with Gasteiger partial charge in [0.2, 0.25) is 5.91 Å². The molecule has 5 nitrogen and oxygen atoms in total. The number of morpholine rings is 1. The number of carbonyl (C=O) groups is 1. The summed E-state index contributed by atoms with van der Waals surface area (Å²) in [5.41, 5.74) is 0. The Morgan fingerprint density at radius 3 is 2.67 bits per heavy atom. The largest absolute Gasteiger partial charge is 0.379 e. The molecule has 0 saturated carbocycles. The van der Waals surface area contributed by atoms with Gasteiger partial charge in [-0.25, -0.2) is 0 Å². The molecule has 1 aliphatic rings. The Balaban J connectivity index is 2.02. The Kier molecular flexibility index (Phi) is 5.60. The normalized spacial score (nSPS) is 18.1. The smallest absolute Gasteiger partial charge is 0.234 e. The van der Waals surface area contributed by atoms with Crippen molar-refractivity contribution < 1.29 is 9.53 Å². The van der Waals surface area contributed by atoms with Gasteiger partial charge >= 0.3 is 0 Å². The van der Waals surface area contributed by atoms with E-state index in [4.69, 9.17) is 4.74 Å². The minimum absolute atomic E-state index is 0.0910. The summed E-state index contributed by atoms with van der Waals surface area (Å²) in [5, 5.41) is 2.90. The predicted molar refractivity (Wildman–Crippen MR) is 58.8 cm³/mol. The van der Waals surface area contributed by atoms with Crippen molar-refractivity contribution in [2.75, 3.05) is 60.0 Å². The molecule has 1 amide bonds. The van der Waals surface area contributed by atoms with Gasteiger partial charge in [-0.3, -0.25) is 9.69 Å². The van der Waals surface area contributed by atoms with Crippen LogP contribution in [-0.2, 0) is 9.53 Å². The van der Waals surface area contributed by atoms with Crippen molar-refractivity contribution in [3.8, 4) is 0 Å². The molecule has 1 rings (SSSR count). The minimum Gasteiger partial charge on any atom is -0.379 e. The molecule has 0 aromatic heterocycles. The summed E-state index contributed by atoms with van der Waals surface area (Å²) in [7, 11) is 3.78. The molecule has 1 saturated heterocycles. The van der Waals surface area contributed by atoms with Crippen LogP contribution in [0.2, 0.25) is 0 Å². The second kappa shape index (κ2) is 6.76. The van der Waals surface area contributed by atoms with E-state index in [9.17, 15) is 4.79 Å². The Morgan fingerprint density at radius 2 is 2.07 bits per heavy atom. The van der Waals surface area contributed by atoms with Crippen LogP contribution in [0.15, 0.2) is 0 Å². The third-order valence-electron chi connectivity index (χ3n) is 2.31. The average Bonchev–Trinajstić information content (AvgIpc) is 2.18. The highest BCUT2D eigenvalue weighted by molar-refractivity contribution is 5.77. The Hall–Kier alpha value is -0.650. The maximum absolute atomic E-state index is 11.3. The van der Waals surface area contributed by atoms with Crippen molar-refractivity contribution in [1.82, 2.24) is 15.1 Å². The molecule has 5 heteroatoms. The van der Waals surface area contributed by atoms with Crippen LogP contribution in [0.25, 0.3) is 0 Å². The predicted octanol–water partition coefficient (Wildman–Crippen LogP) is -1.00. The minimum atomic E-state index is 0.0910. The van der Waals surface area contributed by atoms with Crippen LogP contribution < -0.4 is 5.32 Å². The van der Waals surface area contributed by atoms with Crippen LogP contribution in [0.3, 0.4) is 0 Å². The Morgan fingerprint density at radius 1 is 1.40 bits per heavy atom. The van der Waals surface area contributed by atoms with Crippen molar-refractivity contribution in [3.05, 3.63) is 0 Å². The second-order valence-corrected chi connectivity index (χ2v) is 4.04. The Labute approximate surface area is 91.4 Å². The molecule has 1 aliphatic heterocycles. The first-order valence-electron chi connectivity index (χ1n) is 5.40. The molecule has 0 radical (unpaired) electrons. The maximum atomic E-state index is 11.3. The molecule has 1 fully saturated rings. The van der Waals surface area contributed by atoms with Crippen LogP contribution in [0.5, 0.6) is 0 Å². The standard InChI is InChI=1S/C10H21N3O2/c1-12(2)9-10(14)11-3-4-13-5-7-15-8-6-13/h3-9H2,1-2H3,(H,11,14). The molecule has 0 unspecified atom stereocenters. The third kappa shape index (κ3) is 5.71. The maximum Gasteiger partial charge on any atom is 0.234 e. The summed E-state index contributed by atoms with van der Waals surface area (Å²) in [5.74, 6) is 0.0910. The van der Waals surface area contributed by atoms with Crippen LogP contribution in [0.4, 0.5) is 0 Å². The van der Waals surface area contributed by atoms with Crippen LogP contribution in [-0.4, -0.2) is 75.7 Å². The summed E-state index contributed by atoms with van der Waals surface area (Å²) < 4.78 is 5.24. The SMILES string of the molecule is CN(C)CC(=O)NCCN1CCOCC1. The molecule has 15 heavy (non-hydrogen) atoms. The zero-order valence-electron chi connectivity index (χ0n) is 9.66. The molecule has 0 aromatic rings. The zero-order chi connectivity index (χ0) is 11.1. The highest BCUT2D eigenvalue weighted by Gasteiger charge is 2.10. The molecule has 88 valence electrons. The van der Waals surface area contributed by atoms with E-state index in [1.807, 2.05) is 19.0 Å². The van der Waals surface area contributed by atoms with Crippen molar-refractivity contribution in [3.63, 3.8) is 0 Å². The number of hydrogen-bond acceptors (Lipinski definition) is 4. The van der Waals surface area contributed by atoms with Gasteiger partial charge in [-0.05, 0) is 14.1 Å². The fraction of sp³-hybridized carbons (Fsp3) is 0.900. The topological polar surface area (TPSA) is 44.8 Å². The number of rotatable bonds is 5. The van der Waals surface area contributed by atoms with Crippen molar-refractivity contribution in [2.45, 2.75) is 0 Å². The van der Waals surface area contributed by atoms with E-state index in [1.165, 1.54) is 0 Å². The van der Waals surface area contributed by atoms with E-state index in [1.54, 1.807) is 0 Å². The lowest BCUT2D eigenvalue weighted by Crippen LogP contribution is -2.42. The lowest BCUT2D eigenvalue weighted by molar-refractivity contribution is -0.121. The third-order valence-corrected chi connectivity index (χ3v) is 2.31. The van der Waals surface area contributed by atoms with Gasteiger partial charge in [-0.2, -0.15) is 0 Å². The van der Waals surface area contributed by atoms with Gasteiger partial charge in [0.15, 0.2) is 0 Å². The van der Waals surface area contributed by atoms with Crippen LogP contribution >= 0.6 is 0 Å². The van der Waals surface area contributed by atoms with E-state index < -0.39 is 0 Å². The molecular weight excluding hydrogens is 194 g/mol. The summed E-state index contributed by atoms with van der Waals surface area (Å²) in [6.07, 6.45) is 0. The number of likely N-dealkylation sites (N-methyl/N-ethyl adjacent to an activating group) is 1. The highest BCUT2D eigenvalue weighted by Crippen LogP contribution is 1.94. The van der Waals surface area contributed by atoms with Crippen LogP contribution in [0.1, 0.15) is 0 Å².